The van der Waals surface area contributed by atoms with E-state index in [9.17, 15) is 5.11 Å². The molecule has 0 spiro atoms. The van der Waals surface area contributed by atoms with Crippen molar-refractivity contribution in [3.8, 4) is 0 Å². The van der Waals surface area contributed by atoms with E-state index in [1.165, 1.54) is 17.8 Å². The van der Waals surface area contributed by atoms with Gasteiger partial charge in [-0.05, 0) is 18.9 Å². The highest BCUT2D eigenvalue weighted by Crippen LogP contribution is 2.41. The van der Waals surface area contributed by atoms with Gasteiger partial charge in [0.2, 0.25) is 0 Å². The van der Waals surface area contributed by atoms with Gasteiger partial charge in [-0.3, -0.25) is 0 Å². The van der Waals surface area contributed by atoms with E-state index < -0.39 is 6.10 Å². The molecule has 5 heteroatoms. The topological polar surface area (TPSA) is 45.1 Å². The molecule has 0 saturated heterocycles. The fourth-order valence-corrected chi connectivity index (χ4v) is 3.37. The van der Waals surface area contributed by atoms with Gasteiger partial charge in [0.25, 0.3) is 0 Å². The van der Waals surface area contributed by atoms with Gasteiger partial charge in [0, 0.05) is 35.0 Å². The van der Waals surface area contributed by atoms with Crippen LogP contribution in [-0.2, 0) is 6.54 Å². The lowest BCUT2D eigenvalue weighted by atomic mass is 10.1. The Labute approximate surface area is 127 Å². The second kappa shape index (κ2) is 6.22. The number of rotatable bonds is 6. The molecule has 3 nitrogen and oxygen atoms in total. The quantitative estimate of drug-likeness (QED) is 0.858. The smallest absolute Gasteiger partial charge is 0.0959 e. The number of benzene rings is 1. The number of halogens is 1. The lowest BCUT2D eigenvalue weighted by Gasteiger charge is -2.13. The molecule has 1 aliphatic rings. The second-order valence-corrected chi connectivity index (χ2v) is 6.42. The van der Waals surface area contributed by atoms with Gasteiger partial charge in [-0.25, -0.2) is 4.98 Å². The molecule has 2 N–H and O–H groups in total. The van der Waals surface area contributed by atoms with Crippen LogP contribution < -0.4 is 5.32 Å². The maximum atomic E-state index is 10.1. The number of aliphatic hydroxyl groups excluding tert-OH is 1. The minimum atomic E-state index is -0.592. The normalized spacial score (nSPS) is 16.3. The zero-order valence-corrected chi connectivity index (χ0v) is 12.6. The summed E-state index contributed by atoms with van der Waals surface area (Å²) < 4.78 is 0. The van der Waals surface area contributed by atoms with Crippen molar-refractivity contribution in [3.05, 3.63) is 50.9 Å². The SMILES string of the molecule is OC(CNCc1csc(C2CC2)n1)c1ccccc1Cl. The first kappa shape index (κ1) is 14.0. The Kier molecular flexibility index (Phi) is 4.36. The number of nitrogens with zero attached hydrogens (tertiary/aromatic N) is 1. The number of aliphatic hydroxyl groups is 1. The third-order valence-electron chi connectivity index (χ3n) is 3.40. The Hall–Kier alpha value is -0.940. The average molecular weight is 309 g/mol. The molecule has 1 heterocycles. The van der Waals surface area contributed by atoms with Crippen molar-refractivity contribution in [1.29, 1.82) is 0 Å². The zero-order chi connectivity index (χ0) is 13.9. The van der Waals surface area contributed by atoms with Gasteiger partial charge < -0.3 is 10.4 Å². The van der Waals surface area contributed by atoms with Gasteiger partial charge in [-0.1, -0.05) is 29.8 Å². The standard InChI is InChI=1S/C15H17ClN2OS/c16-13-4-2-1-3-12(13)14(19)8-17-7-11-9-20-15(18-11)10-5-6-10/h1-4,9-10,14,17,19H,5-8H2. The van der Waals surface area contributed by atoms with Crippen LogP contribution in [0.5, 0.6) is 0 Å². The Morgan fingerprint density at radius 2 is 2.20 bits per heavy atom. The maximum absolute atomic E-state index is 10.1. The summed E-state index contributed by atoms with van der Waals surface area (Å²) in [5.74, 6) is 0.711. The average Bonchev–Trinajstić information content (AvgIpc) is 3.19. The Morgan fingerprint density at radius 3 is 2.95 bits per heavy atom. The summed E-state index contributed by atoms with van der Waals surface area (Å²) in [6.07, 6.45) is 1.97. The third-order valence-corrected chi connectivity index (χ3v) is 4.80. The Bertz CT molecular complexity index is 583. The van der Waals surface area contributed by atoms with Crippen molar-refractivity contribution in [1.82, 2.24) is 10.3 Å². The number of hydrogen-bond acceptors (Lipinski definition) is 4. The molecule has 1 atom stereocenters. The van der Waals surface area contributed by atoms with Crippen LogP contribution in [0, 0.1) is 0 Å². The fraction of sp³-hybridized carbons (Fsp3) is 0.400. The van der Waals surface area contributed by atoms with E-state index in [2.05, 4.69) is 15.7 Å². The van der Waals surface area contributed by atoms with Crippen LogP contribution in [0.1, 0.15) is 41.1 Å². The van der Waals surface area contributed by atoms with E-state index in [-0.39, 0.29) is 0 Å². The Balaban J connectivity index is 1.50. The molecule has 0 amide bonds. The number of nitrogens with one attached hydrogen (secondary N) is 1. The Morgan fingerprint density at radius 1 is 1.40 bits per heavy atom. The number of thiazole rings is 1. The van der Waals surface area contributed by atoms with E-state index in [1.807, 2.05) is 18.2 Å². The summed E-state index contributed by atoms with van der Waals surface area (Å²) in [7, 11) is 0. The van der Waals surface area contributed by atoms with Crippen LogP contribution in [0.15, 0.2) is 29.6 Å². The lowest BCUT2D eigenvalue weighted by Crippen LogP contribution is -2.21. The summed E-state index contributed by atoms with van der Waals surface area (Å²) >= 11 is 7.80. The molecule has 2 aromatic rings. The van der Waals surface area contributed by atoms with Gasteiger partial charge in [-0.15, -0.1) is 11.3 Å². The lowest BCUT2D eigenvalue weighted by molar-refractivity contribution is 0.174. The summed E-state index contributed by atoms with van der Waals surface area (Å²) in [6, 6.07) is 7.39. The first-order chi connectivity index (χ1) is 9.74. The molecule has 0 bridgehead atoms. The highest BCUT2D eigenvalue weighted by molar-refractivity contribution is 7.09. The van der Waals surface area contributed by atoms with E-state index in [1.54, 1.807) is 17.4 Å². The second-order valence-electron chi connectivity index (χ2n) is 5.12. The monoisotopic (exact) mass is 308 g/mol. The van der Waals surface area contributed by atoms with E-state index in [0.29, 0.717) is 24.0 Å². The van der Waals surface area contributed by atoms with Gasteiger partial charge in [0.1, 0.15) is 0 Å². The molecule has 0 aliphatic heterocycles. The van der Waals surface area contributed by atoms with Crippen molar-refractivity contribution in [3.63, 3.8) is 0 Å². The van der Waals surface area contributed by atoms with Crippen LogP contribution in [0.4, 0.5) is 0 Å². The van der Waals surface area contributed by atoms with Crippen molar-refractivity contribution < 1.29 is 5.11 Å². The van der Waals surface area contributed by atoms with Crippen molar-refractivity contribution in [2.75, 3.05) is 6.54 Å². The predicted molar refractivity (Wildman–Crippen MR) is 82.2 cm³/mol. The number of aromatic nitrogens is 1. The summed E-state index contributed by atoms with van der Waals surface area (Å²) in [6.45, 7) is 1.16. The molecule has 3 rings (SSSR count). The highest BCUT2D eigenvalue weighted by Gasteiger charge is 2.26. The minimum Gasteiger partial charge on any atom is -0.387 e. The summed E-state index contributed by atoms with van der Waals surface area (Å²) in [5.41, 5.74) is 1.82. The fourth-order valence-electron chi connectivity index (χ4n) is 2.11. The molecule has 106 valence electrons. The van der Waals surface area contributed by atoms with Crippen LogP contribution >= 0.6 is 22.9 Å². The van der Waals surface area contributed by atoms with Crippen molar-refractivity contribution >= 4 is 22.9 Å². The molecule has 1 aromatic heterocycles. The predicted octanol–water partition coefficient (Wildman–Crippen LogP) is 3.50. The molecule has 20 heavy (non-hydrogen) atoms. The molecule has 0 radical (unpaired) electrons. The molecule has 1 fully saturated rings. The van der Waals surface area contributed by atoms with E-state index in [0.717, 1.165) is 11.3 Å². The molecule has 1 saturated carbocycles. The minimum absolute atomic E-state index is 0.472. The third kappa shape index (κ3) is 3.38. The van der Waals surface area contributed by atoms with Crippen LogP contribution in [0.25, 0.3) is 0 Å². The highest BCUT2D eigenvalue weighted by atomic mass is 35.5. The number of hydrogen-bond donors (Lipinski definition) is 2. The van der Waals surface area contributed by atoms with Crippen LogP contribution in [0.2, 0.25) is 5.02 Å². The van der Waals surface area contributed by atoms with Crippen LogP contribution in [-0.4, -0.2) is 16.6 Å². The first-order valence-corrected chi connectivity index (χ1v) is 8.07. The summed E-state index contributed by atoms with van der Waals surface area (Å²) in [5, 5.41) is 17.3. The molecular weight excluding hydrogens is 292 g/mol. The van der Waals surface area contributed by atoms with Crippen molar-refractivity contribution in [2.45, 2.75) is 31.4 Å². The van der Waals surface area contributed by atoms with Gasteiger partial charge >= 0.3 is 0 Å². The maximum Gasteiger partial charge on any atom is 0.0959 e. The van der Waals surface area contributed by atoms with Gasteiger partial charge in [-0.2, -0.15) is 0 Å². The summed E-state index contributed by atoms with van der Waals surface area (Å²) in [4.78, 5) is 4.61. The zero-order valence-electron chi connectivity index (χ0n) is 11.1. The van der Waals surface area contributed by atoms with Crippen molar-refractivity contribution in [2.24, 2.45) is 0 Å². The van der Waals surface area contributed by atoms with E-state index >= 15 is 0 Å². The van der Waals surface area contributed by atoms with Gasteiger partial charge in [0.05, 0.1) is 16.8 Å². The first-order valence-electron chi connectivity index (χ1n) is 6.81. The largest absolute Gasteiger partial charge is 0.387 e. The molecule has 1 aromatic carbocycles. The molecule has 1 aliphatic carbocycles. The molecular formula is C15H17ClN2OS. The molecule has 1 unspecified atom stereocenters. The van der Waals surface area contributed by atoms with Gasteiger partial charge in [0.15, 0.2) is 0 Å². The van der Waals surface area contributed by atoms with E-state index in [4.69, 9.17) is 11.6 Å². The van der Waals surface area contributed by atoms with Crippen LogP contribution in [0.3, 0.4) is 0 Å².